The van der Waals surface area contributed by atoms with Gasteiger partial charge in [0.15, 0.2) is 11.6 Å². The fraction of sp³-hybridized carbons (Fsp3) is 0.906. The van der Waals surface area contributed by atoms with Crippen LogP contribution in [0.25, 0.3) is 0 Å². The number of Topliss-reactive ketones (excluding diaryl/α,β-unsaturated/α-hetero) is 2. The van der Waals surface area contributed by atoms with Gasteiger partial charge in [-0.15, -0.1) is 0 Å². The largest absolute Gasteiger partial charge is 0.449 e. The molecule has 0 aromatic heterocycles. The summed E-state index contributed by atoms with van der Waals surface area (Å²) >= 11 is 0. The van der Waals surface area contributed by atoms with Crippen LogP contribution in [-0.4, -0.2) is 64.4 Å². The molecule has 0 aliphatic carbocycles. The molecule has 7 heteroatoms. The summed E-state index contributed by atoms with van der Waals surface area (Å²) in [6.07, 6.45) is 6.60. The third-order valence-electron chi connectivity index (χ3n) is 7.04. The van der Waals surface area contributed by atoms with Crippen LogP contribution in [0.2, 0.25) is 0 Å². The molecule has 1 saturated heterocycles. The molecular weight excluding hydrogens is 490 g/mol. The van der Waals surface area contributed by atoms with Gasteiger partial charge in [0.25, 0.3) is 0 Å². The molecule has 1 fully saturated rings. The van der Waals surface area contributed by atoms with Crippen LogP contribution in [0.3, 0.4) is 0 Å². The van der Waals surface area contributed by atoms with Gasteiger partial charge >= 0.3 is 6.09 Å². The predicted octanol–water partition coefficient (Wildman–Crippen LogP) is 6.67. The van der Waals surface area contributed by atoms with Gasteiger partial charge in [0.05, 0.1) is 25.2 Å². The molecule has 0 spiro atoms. The number of ketones is 2. The van der Waals surface area contributed by atoms with Gasteiger partial charge < -0.3 is 15.0 Å². The van der Waals surface area contributed by atoms with Crippen molar-refractivity contribution < 1.29 is 19.1 Å². The molecule has 0 aromatic carbocycles. The number of nitrogens with one attached hydrogen (secondary N) is 2. The number of carbonyl (C=O) groups excluding carboxylic acids is 3. The third-order valence-corrected chi connectivity index (χ3v) is 7.04. The van der Waals surface area contributed by atoms with Gasteiger partial charge in [-0.2, -0.15) is 0 Å². The minimum absolute atomic E-state index is 0.129. The van der Waals surface area contributed by atoms with E-state index in [4.69, 9.17) is 4.74 Å². The van der Waals surface area contributed by atoms with E-state index in [2.05, 4.69) is 38.3 Å². The van der Waals surface area contributed by atoms with Gasteiger partial charge in [-0.25, -0.2) is 4.79 Å². The highest BCUT2D eigenvalue weighted by atomic mass is 16.6. The monoisotopic (exact) mass is 551 g/mol. The first-order valence-electron chi connectivity index (χ1n) is 15.0. The van der Waals surface area contributed by atoms with E-state index in [1.807, 2.05) is 62.3 Å². The van der Waals surface area contributed by atoms with Crippen LogP contribution in [0, 0.1) is 10.8 Å². The second kappa shape index (κ2) is 13.0. The summed E-state index contributed by atoms with van der Waals surface area (Å²) in [5, 5.41) is 7.06. The molecule has 39 heavy (non-hydrogen) atoms. The highest BCUT2D eigenvalue weighted by molar-refractivity contribution is 5.95. The Kier molecular flexibility index (Phi) is 11.9. The second-order valence-electron chi connectivity index (χ2n) is 16.2. The molecular formula is C32H61N3O4. The Balaban J connectivity index is 2.38. The summed E-state index contributed by atoms with van der Waals surface area (Å²) in [6, 6.07) is 0. The molecule has 1 aliphatic heterocycles. The number of hydrogen-bond acceptors (Lipinski definition) is 6. The smallest absolute Gasteiger partial charge is 0.409 e. The standard InChI is InChI=1S/C32H61N3O4/c1-27(2,3)24(36)31(13,33-29(7,8)9)20-18-16-14-15-17-19-21-39-26(38)35-22-32(23-35,34-30(10,11)12)25(37)28(4,5)6/h33-34H,14-23H2,1-13H3/t31-/m0/s1. The van der Waals surface area contributed by atoms with Crippen molar-refractivity contribution in [3.8, 4) is 0 Å². The molecule has 0 saturated carbocycles. The average molecular weight is 552 g/mol. The molecule has 1 heterocycles. The van der Waals surface area contributed by atoms with Crippen LogP contribution in [0.4, 0.5) is 4.79 Å². The lowest BCUT2D eigenvalue weighted by Gasteiger charge is -2.53. The summed E-state index contributed by atoms with van der Waals surface area (Å²) in [4.78, 5) is 40.5. The van der Waals surface area contributed by atoms with E-state index in [1.165, 1.54) is 0 Å². The van der Waals surface area contributed by atoms with E-state index in [0.717, 1.165) is 44.9 Å². The fourth-order valence-electron chi connectivity index (χ4n) is 5.88. The zero-order valence-corrected chi connectivity index (χ0v) is 27.7. The van der Waals surface area contributed by atoms with Crippen LogP contribution in [-0.2, 0) is 14.3 Å². The quantitative estimate of drug-likeness (QED) is 0.249. The van der Waals surface area contributed by atoms with Gasteiger partial charge in [0, 0.05) is 21.9 Å². The molecule has 1 aliphatic rings. The molecule has 2 N–H and O–H groups in total. The molecule has 1 rings (SSSR count). The Morgan fingerprint density at radius 3 is 1.62 bits per heavy atom. The maximum atomic E-state index is 13.2. The first-order chi connectivity index (χ1) is 17.4. The predicted molar refractivity (Wildman–Crippen MR) is 161 cm³/mol. The number of unbranched alkanes of at least 4 members (excludes halogenated alkanes) is 5. The molecule has 1 amide bonds. The number of hydrogen-bond donors (Lipinski definition) is 2. The Morgan fingerprint density at radius 1 is 0.692 bits per heavy atom. The van der Waals surface area contributed by atoms with Gasteiger partial charge in [0.1, 0.15) is 5.54 Å². The zero-order chi connectivity index (χ0) is 30.5. The van der Waals surface area contributed by atoms with Crippen molar-refractivity contribution in [3.05, 3.63) is 0 Å². The Labute approximate surface area is 240 Å². The van der Waals surface area contributed by atoms with Gasteiger partial charge in [-0.1, -0.05) is 73.6 Å². The molecule has 1 atom stereocenters. The fourth-order valence-corrected chi connectivity index (χ4v) is 5.88. The lowest BCUT2D eigenvalue weighted by atomic mass is 9.73. The minimum atomic E-state index is -0.717. The normalized spacial score (nSPS) is 17.8. The SMILES string of the molecule is CC(C)(C)NC1(C(=O)C(C)(C)C)CN(C(=O)OCCCCCCCC[C@](C)(NC(C)(C)C)C(=O)C(C)(C)C)C1. The molecule has 228 valence electrons. The maximum absolute atomic E-state index is 13.2. The van der Waals surface area contributed by atoms with Crippen molar-refractivity contribution >= 4 is 17.7 Å². The first-order valence-corrected chi connectivity index (χ1v) is 15.0. The maximum Gasteiger partial charge on any atom is 0.409 e. The highest BCUT2D eigenvalue weighted by Crippen LogP contribution is 2.33. The number of ether oxygens (including phenoxy) is 1. The van der Waals surface area contributed by atoms with Crippen molar-refractivity contribution in [1.29, 1.82) is 0 Å². The van der Waals surface area contributed by atoms with Gasteiger partial charge in [-0.05, 0) is 61.3 Å². The first kappa shape index (κ1) is 35.6. The van der Waals surface area contributed by atoms with Crippen LogP contribution in [0.15, 0.2) is 0 Å². The average Bonchev–Trinajstić information content (AvgIpc) is 2.70. The number of nitrogens with zero attached hydrogens (tertiary/aromatic N) is 1. The number of rotatable bonds is 13. The Bertz CT molecular complexity index is 833. The Morgan fingerprint density at radius 2 is 1.18 bits per heavy atom. The van der Waals surface area contributed by atoms with E-state index in [1.54, 1.807) is 4.90 Å². The van der Waals surface area contributed by atoms with Crippen LogP contribution < -0.4 is 10.6 Å². The van der Waals surface area contributed by atoms with Crippen LogP contribution in [0.5, 0.6) is 0 Å². The lowest BCUT2D eigenvalue weighted by Crippen LogP contribution is -2.78. The van der Waals surface area contributed by atoms with E-state index in [9.17, 15) is 14.4 Å². The molecule has 7 nitrogen and oxygen atoms in total. The van der Waals surface area contributed by atoms with Crippen LogP contribution in [0.1, 0.15) is 135 Å². The summed E-state index contributed by atoms with van der Waals surface area (Å²) < 4.78 is 5.51. The van der Waals surface area contributed by atoms with Crippen molar-refractivity contribution in [2.24, 2.45) is 10.8 Å². The summed E-state index contributed by atoms with van der Waals surface area (Å²) in [7, 11) is 0. The molecule has 0 radical (unpaired) electrons. The van der Waals surface area contributed by atoms with Gasteiger partial charge in [0.2, 0.25) is 0 Å². The topological polar surface area (TPSA) is 87.7 Å². The molecule has 0 unspecified atom stereocenters. The highest BCUT2D eigenvalue weighted by Gasteiger charge is 2.55. The number of likely N-dealkylation sites (tertiary alicyclic amines) is 1. The van der Waals surface area contributed by atoms with E-state index < -0.39 is 16.5 Å². The van der Waals surface area contributed by atoms with E-state index >= 15 is 0 Å². The minimum Gasteiger partial charge on any atom is -0.449 e. The van der Waals surface area contributed by atoms with Crippen molar-refractivity contribution in [1.82, 2.24) is 15.5 Å². The van der Waals surface area contributed by atoms with E-state index in [-0.39, 0.29) is 34.2 Å². The molecule has 0 bridgehead atoms. The third kappa shape index (κ3) is 11.5. The van der Waals surface area contributed by atoms with Crippen molar-refractivity contribution in [2.45, 2.75) is 157 Å². The van der Waals surface area contributed by atoms with E-state index in [0.29, 0.717) is 19.7 Å². The number of carbonyl (C=O) groups is 3. The van der Waals surface area contributed by atoms with Crippen molar-refractivity contribution in [2.75, 3.05) is 19.7 Å². The van der Waals surface area contributed by atoms with Gasteiger partial charge in [-0.3, -0.25) is 14.9 Å². The second-order valence-corrected chi connectivity index (χ2v) is 16.2. The summed E-state index contributed by atoms with van der Waals surface area (Å²) in [5.74, 6) is 0.398. The van der Waals surface area contributed by atoms with Crippen LogP contribution >= 0.6 is 0 Å². The lowest BCUT2D eigenvalue weighted by molar-refractivity contribution is -0.141. The summed E-state index contributed by atoms with van der Waals surface area (Å²) in [5.41, 5.74) is -2.48. The Hall–Kier alpha value is -1.47. The summed E-state index contributed by atoms with van der Waals surface area (Å²) in [6.45, 7) is 27.4. The molecule has 0 aromatic rings. The number of amides is 1. The zero-order valence-electron chi connectivity index (χ0n) is 27.7. The van der Waals surface area contributed by atoms with Crippen molar-refractivity contribution in [3.63, 3.8) is 0 Å².